The van der Waals surface area contributed by atoms with Crippen LogP contribution in [0, 0.1) is 12.7 Å². The third kappa shape index (κ3) is 2.81. The van der Waals surface area contributed by atoms with Crippen molar-refractivity contribution in [1.82, 2.24) is 19.9 Å². The maximum Gasteiger partial charge on any atom is 0.256 e. The number of piperidine rings is 1. The van der Waals surface area contributed by atoms with Crippen molar-refractivity contribution in [3.05, 3.63) is 53.6 Å². The first-order valence-corrected chi connectivity index (χ1v) is 7.32. The van der Waals surface area contributed by atoms with E-state index in [2.05, 4.69) is 15.0 Å². The molecule has 5 nitrogen and oxygen atoms in total. The fraction of sp³-hybridized carbons (Fsp3) is 0.375. The summed E-state index contributed by atoms with van der Waals surface area (Å²) >= 11 is 0. The van der Waals surface area contributed by atoms with Gasteiger partial charge in [-0.05, 0) is 31.4 Å². The van der Waals surface area contributed by atoms with E-state index in [1.165, 1.54) is 12.3 Å². The number of pyridine rings is 1. The Bertz CT molecular complexity index is 683. The molecule has 0 N–H and O–H groups in total. The largest absolute Gasteiger partial charge is 0.339 e. The van der Waals surface area contributed by atoms with Crippen LogP contribution in [0.4, 0.5) is 4.39 Å². The van der Waals surface area contributed by atoms with Gasteiger partial charge in [-0.3, -0.25) is 9.78 Å². The minimum atomic E-state index is -0.568. The van der Waals surface area contributed by atoms with Crippen molar-refractivity contribution in [2.45, 2.75) is 25.7 Å². The van der Waals surface area contributed by atoms with Gasteiger partial charge >= 0.3 is 0 Å². The first kappa shape index (κ1) is 14.6. The van der Waals surface area contributed by atoms with Gasteiger partial charge in [-0.1, -0.05) is 0 Å². The summed E-state index contributed by atoms with van der Waals surface area (Å²) in [5.74, 6) is -0.506. The third-order valence-electron chi connectivity index (χ3n) is 4.11. The Kier molecular flexibility index (Phi) is 4.09. The van der Waals surface area contributed by atoms with Crippen LogP contribution in [0.5, 0.6) is 0 Å². The van der Waals surface area contributed by atoms with Crippen molar-refractivity contribution in [3.8, 4) is 0 Å². The molecule has 0 aromatic carbocycles. The van der Waals surface area contributed by atoms with Crippen molar-refractivity contribution in [3.63, 3.8) is 0 Å². The Morgan fingerprint density at radius 1 is 1.27 bits per heavy atom. The zero-order chi connectivity index (χ0) is 15.5. The molecule has 6 heteroatoms. The van der Waals surface area contributed by atoms with Gasteiger partial charge in [0.05, 0.1) is 11.8 Å². The van der Waals surface area contributed by atoms with Gasteiger partial charge in [0.15, 0.2) is 5.82 Å². The lowest BCUT2D eigenvalue weighted by Crippen LogP contribution is -2.38. The molecule has 0 aliphatic carbocycles. The van der Waals surface area contributed by atoms with Gasteiger partial charge in [-0.2, -0.15) is 0 Å². The highest BCUT2D eigenvalue weighted by molar-refractivity contribution is 5.94. The van der Waals surface area contributed by atoms with Gasteiger partial charge in [-0.15, -0.1) is 0 Å². The number of nitrogens with zero attached hydrogens (tertiary/aromatic N) is 4. The predicted molar refractivity (Wildman–Crippen MR) is 78.8 cm³/mol. The monoisotopic (exact) mass is 300 g/mol. The summed E-state index contributed by atoms with van der Waals surface area (Å²) in [6, 6.07) is 1.43. The summed E-state index contributed by atoms with van der Waals surface area (Å²) in [7, 11) is 0. The normalized spacial score (nSPS) is 15.8. The number of halogens is 1. The summed E-state index contributed by atoms with van der Waals surface area (Å²) < 4.78 is 13.7. The van der Waals surface area contributed by atoms with Crippen LogP contribution < -0.4 is 0 Å². The Hall–Kier alpha value is -2.37. The first-order valence-electron chi connectivity index (χ1n) is 7.32. The lowest BCUT2D eigenvalue weighted by molar-refractivity contribution is 0.0707. The van der Waals surface area contributed by atoms with Crippen LogP contribution in [-0.2, 0) is 0 Å². The second-order valence-corrected chi connectivity index (χ2v) is 5.51. The second-order valence-electron chi connectivity index (χ2n) is 5.51. The zero-order valence-corrected chi connectivity index (χ0v) is 12.4. The van der Waals surface area contributed by atoms with Crippen LogP contribution in [-0.4, -0.2) is 38.8 Å². The van der Waals surface area contributed by atoms with Crippen molar-refractivity contribution < 1.29 is 9.18 Å². The summed E-state index contributed by atoms with van der Waals surface area (Å²) in [6.07, 6.45) is 7.54. The molecule has 2 aromatic rings. The van der Waals surface area contributed by atoms with Gasteiger partial charge in [0.25, 0.3) is 5.91 Å². The molecule has 0 spiro atoms. The number of hydrogen-bond donors (Lipinski definition) is 0. The summed E-state index contributed by atoms with van der Waals surface area (Å²) in [4.78, 5) is 26.1. The van der Waals surface area contributed by atoms with E-state index in [1.807, 2.05) is 13.1 Å². The van der Waals surface area contributed by atoms with Crippen LogP contribution in [0.3, 0.4) is 0 Å². The molecule has 0 radical (unpaired) electrons. The van der Waals surface area contributed by atoms with Crippen LogP contribution in [0.1, 0.15) is 40.4 Å². The highest BCUT2D eigenvalue weighted by Crippen LogP contribution is 2.29. The Labute approximate surface area is 128 Å². The van der Waals surface area contributed by atoms with Gasteiger partial charge in [0, 0.05) is 37.1 Å². The standard InChI is InChI=1S/C16H17FN4O/c1-11-8-19-10-20-15(11)12-3-6-21(7-4-12)16(22)13-2-5-18-9-14(13)17/h2,5,8-10,12H,3-4,6-7H2,1H3. The third-order valence-corrected chi connectivity index (χ3v) is 4.11. The lowest BCUT2D eigenvalue weighted by atomic mass is 9.91. The topological polar surface area (TPSA) is 59.0 Å². The number of hydrogen-bond acceptors (Lipinski definition) is 4. The fourth-order valence-electron chi connectivity index (χ4n) is 2.91. The molecule has 2 aromatic heterocycles. The molecule has 3 heterocycles. The van der Waals surface area contributed by atoms with E-state index in [4.69, 9.17) is 0 Å². The minimum absolute atomic E-state index is 0.0895. The molecule has 1 aliphatic rings. The molecule has 1 saturated heterocycles. The maximum atomic E-state index is 13.7. The first-order chi connectivity index (χ1) is 10.7. The number of aromatic nitrogens is 3. The molecule has 22 heavy (non-hydrogen) atoms. The highest BCUT2D eigenvalue weighted by atomic mass is 19.1. The van der Waals surface area contributed by atoms with E-state index < -0.39 is 5.82 Å². The van der Waals surface area contributed by atoms with E-state index in [1.54, 1.807) is 11.2 Å². The SMILES string of the molecule is Cc1cncnc1C1CCN(C(=O)c2ccncc2F)CC1. The molecule has 1 amide bonds. The Morgan fingerprint density at radius 3 is 2.73 bits per heavy atom. The van der Waals surface area contributed by atoms with Gasteiger partial charge in [0.2, 0.25) is 0 Å². The quantitative estimate of drug-likeness (QED) is 0.854. The molecular weight excluding hydrogens is 283 g/mol. The molecule has 0 saturated carbocycles. The molecule has 0 unspecified atom stereocenters. The van der Waals surface area contributed by atoms with Gasteiger partial charge in [-0.25, -0.2) is 14.4 Å². The summed E-state index contributed by atoms with van der Waals surface area (Å²) in [6.45, 7) is 3.21. The fourth-order valence-corrected chi connectivity index (χ4v) is 2.91. The number of aryl methyl sites for hydroxylation is 1. The van der Waals surface area contributed by atoms with Gasteiger partial charge in [0.1, 0.15) is 6.33 Å². The van der Waals surface area contributed by atoms with E-state index in [-0.39, 0.29) is 11.5 Å². The molecule has 0 bridgehead atoms. The lowest BCUT2D eigenvalue weighted by Gasteiger charge is -2.32. The number of likely N-dealkylation sites (tertiary alicyclic amines) is 1. The van der Waals surface area contributed by atoms with Crippen LogP contribution >= 0.6 is 0 Å². The maximum absolute atomic E-state index is 13.7. The van der Waals surface area contributed by atoms with E-state index in [0.29, 0.717) is 19.0 Å². The van der Waals surface area contributed by atoms with E-state index >= 15 is 0 Å². The number of carbonyl (C=O) groups is 1. The number of carbonyl (C=O) groups excluding carboxylic acids is 1. The van der Waals surface area contributed by atoms with Crippen LogP contribution in [0.2, 0.25) is 0 Å². The number of amides is 1. The Balaban J connectivity index is 1.68. The summed E-state index contributed by atoms with van der Waals surface area (Å²) in [5.41, 5.74) is 2.22. The van der Waals surface area contributed by atoms with Crippen molar-refractivity contribution in [2.75, 3.05) is 13.1 Å². The van der Waals surface area contributed by atoms with Gasteiger partial charge < -0.3 is 4.90 Å². The summed E-state index contributed by atoms with van der Waals surface area (Å²) in [5, 5.41) is 0. The van der Waals surface area contributed by atoms with Crippen molar-refractivity contribution >= 4 is 5.91 Å². The van der Waals surface area contributed by atoms with E-state index in [9.17, 15) is 9.18 Å². The molecule has 3 rings (SSSR count). The second kappa shape index (κ2) is 6.17. The molecule has 1 fully saturated rings. The number of rotatable bonds is 2. The zero-order valence-electron chi connectivity index (χ0n) is 12.4. The van der Waals surface area contributed by atoms with E-state index in [0.717, 1.165) is 30.3 Å². The predicted octanol–water partition coefficient (Wildman–Crippen LogP) is 2.34. The van der Waals surface area contributed by atoms with Crippen molar-refractivity contribution in [1.29, 1.82) is 0 Å². The molecule has 1 aliphatic heterocycles. The molecular formula is C16H17FN4O. The van der Waals surface area contributed by atoms with Crippen LogP contribution in [0.15, 0.2) is 31.0 Å². The smallest absolute Gasteiger partial charge is 0.256 e. The average molecular weight is 300 g/mol. The highest BCUT2D eigenvalue weighted by Gasteiger charge is 2.27. The minimum Gasteiger partial charge on any atom is -0.339 e. The molecule has 114 valence electrons. The van der Waals surface area contributed by atoms with Crippen LogP contribution in [0.25, 0.3) is 0 Å². The molecule has 0 atom stereocenters. The Morgan fingerprint density at radius 2 is 2.05 bits per heavy atom. The average Bonchev–Trinajstić information content (AvgIpc) is 2.55. The van der Waals surface area contributed by atoms with Crippen molar-refractivity contribution in [2.24, 2.45) is 0 Å².